The van der Waals surface area contributed by atoms with Gasteiger partial charge >= 0.3 is 22.8 Å². The highest BCUT2D eigenvalue weighted by Crippen LogP contribution is 2.40. The van der Waals surface area contributed by atoms with Crippen LogP contribution in [0.5, 0.6) is 5.88 Å². The molecule has 268 valence electrons. The van der Waals surface area contributed by atoms with Crippen LogP contribution in [0.25, 0.3) is 0 Å². The lowest BCUT2D eigenvalue weighted by Gasteiger charge is -2.38. The van der Waals surface area contributed by atoms with Gasteiger partial charge in [0, 0.05) is 37.9 Å². The van der Waals surface area contributed by atoms with Crippen molar-refractivity contribution < 1.29 is 41.7 Å². The minimum atomic E-state index is -4.25. The summed E-state index contributed by atoms with van der Waals surface area (Å²) < 4.78 is 45.6. The summed E-state index contributed by atoms with van der Waals surface area (Å²) in [6.07, 6.45) is 3.59. The molecule has 1 aliphatic rings. The van der Waals surface area contributed by atoms with E-state index in [1.54, 1.807) is 6.07 Å². The molecule has 0 spiro atoms. The van der Waals surface area contributed by atoms with Gasteiger partial charge in [0.15, 0.2) is 13.2 Å². The molecule has 0 bridgehead atoms. The van der Waals surface area contributed by atoms with Gasteiger partial charge in [0.1, 0.15) is 6.61 Å². The molecule has 1 fully saturated rings. The molecule has 49 heavy (non-hydrogen) atoms. The average Bonchev–Trinajstić information content (AvgIpc) is 3.46. The van der Waals surface area contributed by atoms with Gasteiger partial charge in [0.05, 0.1) is 10.1 Å². The van der Waals surface area contributed by atoms with Crippen LogP contribution < -0.4 is 9.64 Å². The minimum absolute atomic E-state index is 0.00547. The second-order valence-corrected chi connectivity index (χ2v) is 14.5. The summed E-state index contributed by atoms with van der Waals surface area (Å²) in [7, 11) is -4.25. The molecule has 1 heterocycles. The number of hydrogen-bond donors (Lipinski definition) is 0. The Balaban J connectivity index is 1.32. The fraction of sp³-hybridized carbons (Fsp3) is 0.543. The van der Waals surface area contributed by atoms with Crippen molar-refractivity contribution >= 4 is 33.4 Å². The smallest absolute Gasteiger partial charge is 0.415 e. The molecule has 1 aliphatic carbocycles. The molecule has 3 atom stereocenters. The van der Waals surface area contributed by atoms with E-state index in [-0.39, 0.29) is 54.9 Å². The van der Waals surface area contributed by atoms with E-state index < -0.39 is 32.7 Å². The van der Waals surface area contributed by atoms with Gasteiger partial charge in [-0.2, -0.15) is 0 Å². The first-order valence-corrected chi connectivity index (χ1v) is 18.3. The number of allylic oxidation sites excluding steroid dienone is 1. The number of halogens is 1. The highest BCUT2D eigenvalue weighted by molar-refractivity contribution is 7.91. The van der Waals surface area contributed by atoms with Crippen LogP contribution in [0.4, 0.5) is 0 Å². The van der Waals surface area contributed by atoms with Crippen molar-refractivity contribution in [2.24, 2.45) is 17.8 Å². The molecule has 0 saturated heterocycles. The molecule has 1 aromatic carbocycles. The van der Waals surface area contributed by atoms with Crippen LogP contribution in [0.2, 0.25) is 0 Å². The third-order valence-electron chi connectivity index (χ3n) is 8.58. The summed E-state index contributed by atoms with van der Waals surface area (Å²) in [4.78, 5) is 26.2. The van der Waals surface area contributed by atoms with Crippen LogP contribution in [0, 0.1) is 34.8 Å². The van der Waals surface area contributed by atoms with E-state index in [1.807, 2.05) is 0 Å². The van der Waals surface area contributed by atoms with Crippen molar-refractivity contribution in [1.82, 2.24) is 10.1 Å². The van der Waals surface area contributed by atoms with Gasteiger partial charge in [-0.1, -0.05) is 61.3 Å². The third-order valence-corrected chi connectivity index (χ3v) is 10.6. The fourth-order valence-electron chi connectivity index (χ4n) is 5.63. The summed E-state index contributed by atoms with van der Waals surface area (Å²) in [5, 5.41) is 14.5. The van der Waals surface area contributed by atoms with E-state index in [1.165, 1.54) is 29.8 Å². The maximum absolute atomic E-state index is 12.8. The number of aromatic nitrogens is 2. The number of hydrogen-bond acceptors (Lipinski definition) is 11. The lowest BCUT2D eigenvalue weighted by atomic mass is 9.70. The molecule has 0 aliphatic heterocycles. The highest BCUT2D eigenvalue weighted by atomic mass is 35.5. The average molecular weight is 720 g/mol. The number of carbonyl (C=O) groups is 2. The maximum atomic E-state index is 12.8. The van der Waals surface area contributed by atoms with Crippen molar-refractivity contribution in [1.29, 1.82) is 0 Å². The molecule has 2 aromatic rings. The number of ether oxygens (including phenoxy) is 3. The van der Waals surface area contributed by atoms with Crippen LogP contribution in [-0.4, -0.2) is 75.2 Å². The molecule has 3 rings (SSSR count). The first-order chi connectivity index (χ1) is 23.3. The van der Waals surface area contributed by atoms with E-state index in [4.69, 9.17) is 25.8 Å². The van der Waals surface area contributed by atoms with Crippen molar-refractivity contribution in [2.75, 3.05) is 38.8 Å². The molecule has 1 saturated carbocycles. The second kappa shape index (κ2) is 19.4. The third kappa shape index (κ3) is 11.9. The van der Waals surface area contributed by atoms with Crippen molar-refractivity contribution in [3.63, 3.8) is 0 Å². The molecule has 0 amide bonds. The van der Waals surface area contributed by atoms with Gasteiger partial charge in [-0.05, 0) is 74.3 Å². The van der Waals surface area contributed by atoms with E-state index in [2.05, 4.69) is 60.5 Å². The number of esters is 2. The van der Waals surface area contributed by atoms with E-state index in [0.29, 0.717) is 30.2 Å². The molecule has 0 radical (unpaired) electrons. The van der Waals surface area contributed by atoms with Crippen molar-refractivity contribution in [3.8, 4) is 17.7 Å². The van der Waals surface area contributed by atoms with Crippen LogP contribution in [-0.2, 0) is 28.9 Å². The number of alkyl halides is 1. The van der Waals surface area contributed by atoms with Crippen LogP contribution >= 0.6 is 11.6 Å². The Kier molecular flexibility index (Phi) is 15.6. The summed E-state index contributed by atoms with van der Waals surface area (Å²) in [6.45, 7) is 16.0. The van der Waals surface area contributed by atoms with Crippen LogP contribution in [0.3, 0.4) is 0 Å². The maximum Gasteiger partial charge on any atom is 0.415 e. The predicted octanol–water partition coefficient (Wildman–Crippen LogP) is 4.89. The zero-order chi connectivity index (χ0) is 36.0. The van der Waals surface area contributed by atoms with E-state index >= 15 is 0 Å². The Labute approximate surface area is 293 Å². The highest BCUT2D eigenvalue weighted by Gasteiger charge is 2.36. The lowest BCUT2D eigenvalue weighted by Crippen LogP contribution is -2.37. The van der Waals surface area contributed by atoms with Crippen LogP contribution in [0.1, 0.15) is 59.3 Å². The minimum Gasteiger partial charge on any atom is -0.464 e. The summed E-state index contributed by atoms with van der Waals surface area (Å²) in [6, 6.07) is 7.52. The monoisotopic (exact) mass is 719 g/mol. The SMILES string of the molecule is C=C(CN(CCOC(=O)CCCC(=O)OCC#CCOc1no[n+]([O-])c1S(=O)(=O)c1ccccc1)C(C)C)[C@@H]1CC[C@H](C)[C@H](C(=C)CCl)C1. The number of carbonyl (C=O) groups excluding carboxylic acids is 2. The number of sulfone groups is 1. The van der Waals surface area contributed by atoms with Gasteiger partial charge in [-0.3, -0.25) is 19.1 Å². The first kappa shape index (κ1) is 39.6. The van der Waals surface area contributed by atoms with E-state index in [0.717, 1.165) is 31.4 Å². The Hall–Kier alpha value is -3.86. The van der Waals surface area contributed by atoms with Crippen molar-refractivity contribution in [2.45, 2.75) is 75.3 Å². The molecule has 0 unspecified atom stereocenters. The fourth-order valence-corrected chi connectivity index (χ4v) is 7.13. The molecule has 1 aromatic heterocycles. The topological polar surface area (TPSA) is 152 Å². The van der Waals surface area contributed by atoms with Gasteiger partial charge in [-0.25, -0.2) is 8.42 Å². The number of rotatable bonds is 18. The van der Waals surface area contributed by atoms with Crippen LogP contribution in [0.15, 0.2) is 69.2 Å². The van der Waals surface area contributed by atoms with Gasteiger partial charge in [0.2, 0.25) is 0 Å². The van der Waals surface area contributed by atoms with Gasteiger partial charge in [-0.15, -0.1) is 11.6 Å². The van der Waals surface area contributed by atoms with E-state index in [9.17, 15) is 23.2 Å². The zero-order valence-corrected chi connectivity index (χ0v) is 30.0. The summed E-state index contributed by atoms with van der Waals surface area (Å²) >= 11 is 6.09. The second-order valence-electron chi connectivity index (χ2n) is 12.3. The Morgan fingerprint density at radius 2 is 1.78 bits per heavy atom. The summed E-state index contributed by atoms with van der Waals surface area (Å²) in [5.41, 5.74) is 2.29. The normalized spacial score (nSPS) is 17.6. The molecular weight excluding hydrogens is 674 g/mol. The zero-order valence-electron chi connectivity index (χ0n) is 28.4. The van der Waals surface area contributed by atoms with Crippen molar-refractivity contribution in [3.05, 3.63) is 59.8 Å². The largest absolute Gasteiger partial charge is 0.464 e. The Morgan fingerprint density at radius 1 is 1.10 bits per heavy atom. The quantitative estimate of drug-likeness (QED) is 0.0681. The number of benzene rings is 1. The van der Waals surface area contributed by atoms with Gasteiger partial charge in [0.25, 0.3) is 9.84 Å². The Bertz CT molecular complexity index is 1600. The first-order valence-electron chi connectivity index (χ1n) is 16.3. The lowest BCUT2D eigenvalue weighted by molar-refractivity contribution is -0.832. The predicted molar refractivity (Wildman–Crippen MR) is 182 cm³/mol. The molecule has 12 nitrogen and oxygen atoms in total. The Morgan fingerprint density at radius 3 is 2.45 bits per heavy atom. The molecule has 14 heteroatoms. The molecular formula is C35H46ClN3O9S. The standard InChI is InChI=1S/C35H46ClN3O9S/c1-25(2)38(24-28(5)29-17-16-26(3)31(22-29)27(4)23-36)18-21-46-33(41)15-11-14-32(40)45-19-9-10-20-47-34-35(39(42)48-37-34)49(43,44)30-12-7-6-8-13-30/h6-8,12-13,25-26,29,31H,4-5,11,14-24H2,1-3H3/t26-,29+,31+/m0/s1. The molecule has 0 N–H and O–H groups in total. The van der Waals surface area contributed by atoms with Gasteiger partial charge < -0.3 is 19.4 Å². The number of nitrogens with zero attached hydrogens (tertiary/aromatic N) is 3. The summed E-state index contributed by atoms with van der Waals surface area (Å²) in [5.74, 6) is 5.50.